The van der Waals surface area contributed by atoms with Crippen LogP contribution in [0.4, 0.5) is 10.3 Å². The standard InChI is InChI=1S/C26H26FN7O/c1-32(2)26-28-14-23(18-6-3-9-21(27)12-18)24(31-26)20-8-5-11-33(15-20)25(35)19-7-4-10-22(13-19)34-16-29-30-17-34/h3-4,6-7,9-10,12-14,16-17,20H,5,8,11,15H2,1-2H3. The van der Waals surface area contributed by atoms with E-state index in [2.05, 4.69) is 15.2 Å². The van der Waals surface area contributed by atoms with Gasteiger partial charge in [-0.15, -0.1) is 10.2 Å². The predicted molar refractivity (Wildman–Crippen MR) is 131 cm³/mol. The molecule has 0 saturated carbocycles. The van der Waals surface area contributed by atoms with Crippen molar-refractivity contribution in [3.8, 4) is 16.8 Å². The van der Waals surface area contributed by atoms with Gasteiger partial charge in [0.25, 0.3) is 5.91 Å². The van der Waals surface area contributed by atoms with E-state index >= 15 is 0 Å². The van der Waals surface area contributed by atoms with Crippen molar-refractivity contribution in [3.63, 3.8) is 0 Å². The van der Waals surface area contributed by atoms with Crippen molar-refractivity contribution in [2.75, 3.05) is 32.1 Å². The van der Waals surface area contributed by atoms with Crippen LogP contribution in [0, 0.1) is 5.82 Å². The number of piperidine rings is 1. The molecule has 0 bridgehead atoms. The van der Waals surface area contributed by atoms with Crippen molar-refractivity contribution < 1.29 is 9.18 Å². The Kier molecular flexibility index (Phi) is 6.22. The summed E-state index contributed by atoms with van der Waals surface area (Å²) in [6.07, 6.45) is 6.70. The molecule has 1 unspecified atom stereocenters. The first-order chi connectivity index (χ1) is 17.0. The molecule has 0 N–H and O–H groups in total. The number of hydrogen-bond acceptors (Lipinski definition) is 6. The molecule has 178 valence electrons. The summed E-state index contributed by atoms with van der Waals surface area (Å²) < 4.78 is 15.8. The first kappa shape index (κ1) is 22.6. The van der Waals surface area contributed by atoms with Gasteiger partial charge in [-0.3, -0.25) is 9.36 Å². The van der Waals surface area contributed by atoms with E-state index in [1.54, 1.807) is 29.5 Å². The molecule has 1 amide bonds. The molecular formula is C26H26FN7O. The number of nitrogens with zero attached hydrogens (tertiary/aromatic N) is 7. The van der Waals surface area contributed by atoms with Crippen LogP contribution in [0.3, 0.4) is 0 Å². The van der Waals surface area contributed by atoms with Gasteiger partial charge in [0, 0.05) is 56.1 Å². The number of halogens is 1. The summed E-state index contributed by atoms with van der Waals surface area (Å²) in [5.74, 6) is 0.260. The molecule has 35 heavy (non-hydrogen) atoms. The van der Waals surface area contributed by atoms with Crippen LogP contribution in [0.15, 0.2) is 67.4 Å². The number of likely N-dealkylation sites (tertiary alicyclic amines) is 1. The summed E-state index contributed by atoms with van der Waals surface area (Å²) in [6, 6.07) is 13.9. The maximum absolute atomic E-state index is 14.0. The maximum Gasteiger partial charge on any atom is 0.253 e. The van der Waals surface area contributed by atoms with E-state index in [-0.39, 0.29) is 17.6 Å². The molecule has 5 rings (SSSR count). The molecule has 4 aromatic rings. The van der Waals surface area contributed by atoms with Gasteiger partial charge in [0.2, 0.25) is 5.95 Å². The second-order valence-corrected chi connectivity index (χ2v) is 8.88. The molecule has 0 aliphatic carbocycles. The van der Waals surface area contributed by atoms with Gasteiger partial charge in [0.1, 0.15) is 18.5 Å². The van der Waals surface area contributed by atoms with E-state index < -0.39 is 0 Å². The van der Waals surface area contributed by atoms with Crippen LogP contribution < -0.4 is 4.90 Å². The lowest BCUT2D eigenvalue weighted by Crippen LogP contribution is -2.39. The van der Waals surface area contributed by atoms with Crippen LogP contribution in [-0.4, -0.2) is 62.7 Å². The summed E-state index contributed by atoms with van der Waals surface area (Å²) in [7, 11) is 3.78. The number of anilines is 1. The molecule has 9 heteroatoms. The van der Waals surface area contributed by atoms with Crippen LogP contribution in [0.2, 0.25) is 0 Å². The Balaban J connectivity index is 1.45. The Bertz CT molecular complexity index is 1340. The van der Waals surface area contributed by atoms with Crippen molar-refractivity contribution >= 4 is 11.9 Å². The molecular weight excluding hydrogens is 445 g/mol. The molecule has 1 aliphatic heterocycles. The highest BCUT2D eigenvalue weighted by atomic mass is 19.1. The van der Waals surface area contributed by atoms with E-state index in [9.17, 15) is 9.18 Å². The second kappa shape index (κ2) is 9.61. The van der Waals surface area contributed by atoms with Gasteiger partial charge in [-0.1, -0.05) is 18.2 Å². The van der Waals surface area contributed by atoms with Crippen LogP contribution in [0.1, 0.15) is 34.8 Å². The third-order valence-electron chi connectivity index (χ3n) is 6.25. The van der Waals surface area contributed by atoms with Gasteiger partial charge in [-0.2, -0.15) is 0 Å². The average molecular weight is 472 g/mol. The highest BCUT2D eigenvalue weighted by Crippen LogP contribution is 2.34. The number of carbonyl (C=O) groups excluding carboxylic acids is 1. The SMILES string of the molecule is CN(C)c1ncc(-c2cccc(F)c2)c(C2CCCN(C(=O)c3cccc(-n4cnnc4)c3)C2)n1. The van der Waals surface area contributed by atoms with Crippen LogP contribution in [0.25, 0.3) is 16.8 Å². The average Bonchev–Trinajstić information content (AvgIpc) is 3.43. The minimum atomic E-state index is -0.307. The zero-order valence-corrected chi connectivity index (χ0v) is 19.7. The highest BCUT2D eigenvalue weighted by molar-refractivity contribution is 5.95. The molecule has 0 spiro atoms. The number of hydrogen-bond donors (Lipinski definition) is 0. The van der Waals surface area contributed by atoms with E-state index in [4.69, 9.17) is 4.98 Å². The maximum atomic E-state index is 14.0. The minimum Gasteiger partial charge on any atom is -0.347 e. The van der Waals surface area contributed by atoms with Crippen molar-refractivity contribution in [1.82, 2.24) is 29.6 Å². The summed E-state index contributed by atoms with van der Waals surface area (Å²) in [5.41, 5.74) is 3.80. The Morgan fingerprint density at radius 2 is 1.89 bits per heavy atom. The highest BCUT2D eigenvalue weighted by Gasteiger charge is 2.29. The monoisotopic (exact) mass is 471 g/mol. The van der Waals surface area contributed by atoms with Gasteiger partial charge in [-0.25, -0.2) is 14.4 Å². The molecule has 1 aliphatic rings. The molecule has 2 aromatic heterocycles. The fourth-order valence-electron chi connectivity index (χ4n) is 4.49. The third kappa shape index (κ3) is 4.75. The van der Waals surface area contributed by atoms with E-state index in [1.807, 2.05) is 54.2 Å². The zero-order chi connectivity index (χ0) is 24.4. The van der Waals surface area contributed by atoms with Crippen molar-refractivity contribution in [2.24, 2.45) is 0 Å². The van der Waals surface area contributed by atoms with Crippen LogP contribution in [-0.2, 0) is 0 Å². The smallest absolute Gasteiger partial charge is 0.253 e. The molecule has 1 fully saturated rings. The lowest BCUT2D eigenvalue weighted by atomic mass is 9.89. The number of amides is 1. The van der Waals surface area contributed by atoms with Crippen molar-refractivity contribution in [3.05, 3.63) is 84.5 Å². The minimum absolute atomic E-state index is 0.00805. The van der Waals surface area contributed by atoms with Crippen molar-refractivity contribution in [1.29, 1.82) is 0 Å². The van der Waals surface area contributed by atoms with Gasteiger partial charge in [0.15, 0.2) is 0 Å². The third-order valence-corrected chi connectivity index (χ3v) is 6.25. The molecule has 1 saturated heterocycles. The zero-order valence-electron chi connectivity index (χ0n) is 19.7. The van der Waals surface area contributed by atoms with Crippen LogP contribution in [0.5, 0.6) is 0 Å². The second-order valence-electron chi connectivity index (χ2n) is 8.88. The van der Waals surface area contributed by atoms with E-state index in [0.29, 0.717) is 24.6 Å². The molecule has 2 aromatic carbocycles. The topological polar surface area (TPSA) is 80.0 Å². The number of rotatable bonds is 5. The summed E-state index contributed by atoms with van der Waals surface area (Å²) >= 11 is 0. The quantitative estimate of drug-likeness (QED) is 0.439. The lowest BCUT2D eigenvalue weighted by Gasteiger charge is -2.33. The summed E-state index contributed by atoms with van der Waals surface area (Å²) in [5, 5.41) is 7.69. The summed E-state index contributed by atoms with van der Waals surface area (Å²) in [6.45, 7) is 1.20. The van der Waals surface area contributed by atoms with E-state index in [1.165, 1.54) is 12.1 Å². The molecule has 8 nitrogen and oxygen atoms in total. The molecule has 0 radical (unpaired) electrons. The first-order valence-corrected chi connectivity index (χ1v) is 11.5. The van der Waals surface area contributed by atoms with Gasteiger partial charge in [0.05, 0.1) is 5.69 Å². The fourth-order valence-corrected chi connectivity index (χ4v) is 4.49. The summed E-state index contributed by atoms with van der Waals surface area (Å²) in [4.78, 5) is 26.5. The van der Waals surface area contributed by atoms with E-state index in [0.717, 1.165) is 35.3 Å². The number of carbonyl (C=O) groups is 1. The number of aromatic nitrogens is 5. The predicted octanol–water partition coefficient (Wildman–Crippen LogP) is 3.95. The first-order valence-electron chi connectivity index (χ1n) is 11.5. The van der Waals surface area contributed by atoms with Crippen LogP contribution >= 0.6 is 0 Å². The van der Waals surface area contributed by atoms with Gasteiger partial charge in [-0.05, 0) is 48.7 Å². The largest absolute Gasteiger partial charge is 0.347 e. The normalized spacial score (nSPS) is 15.7. The molecule has 1 atom stereocenters. The Hall–Kier alpha value is -4.14. The van der Waals surface area contributed by atoms with Gasteiger partial charge < -0.3 is 9.80 Å². The Morgan fingerprint density at radius 3 is 2.66 bits per heavy atom. The van der Waals surface area contributed by atoms with Gasteiger partial charge >= 0.3 is 0 Å². The fraction of sp³-hybridized carbons (Fsp3) is 0.269. The Morgan fingerprint density at radius 1 is 1.09 bits per heavy atom. The number of benzene rings is 2. The van der Waals surface area contributed by atoms with Crippen molar-refractivity contribution in [2.45, 2.75) is 18.8 Å². The lowest BCUT2D eigenvalue weighted by molar-refractivity contribution is 0.0706. The Labute approximate surface area is 203 Å². The molecule has 3 heterocycles.